The van der Waals surface area contributed by atoms with Crippen molar-refractivity contribution in [1.82, 2.24) is 4.98 Å². The molecule has 0 fully saturated rings. The Labute approximate surface area is 144 Å². The summed E-state index contributed by atoms with van der Waals surface area (Å²) in [7, 11) is 0. The molecule has 1 aromatic carbocycles. The minimum Gasteiger partial charge on any atom is -0.454 e. The van der Waals surface area contributed by atoms with Gasteiger partial charge in [0.05, 0.1) is 11.4 Å². The van der Waals surface area contributed by atoms with Gasteiger partial charge in [0.2, 0.25) is 6.79 Å². The lowest BCUT2D eigenvalue weighted by Gasteiger charge is -2.09. The highest BCUT2D eigenvalue weighted by Gasteiger charge is 2.22. The second kappa shape index (κ2) is 6.45. The summed E-state index contributed by atoms with van der Waals surface area (Å²) in [6, 6.07) is 3.22. The van der Waals surface area contributed by atoms with E-state index in [4.69, 9.17) is 15.2 Å². The number of fused-ring (bicyclic) bond motifs is 1. The molecule has 1 aliphatic heterocycles. The van der Waals surface area contributed by atoms with Crippen LogP contribution in [-0.2, 0) is 0 Å². The van der Waals surface area contributed by atoms with Crippen LogP contribution in [0.25, 0.3) is 0 Å². The van der Waals surface area contributed by atoms with E-state index in [1.54, 1.807) is 26.0 Å². The van der Waals surface area contributed by atoms with Gasteiger partial charge in [0.1, 0.15) is 5.69 Å². The van der Waals surface area contributed by atoms with Crippen LogP contribution in [0, 0.1) is 13.8 Å². The number of halogens is 1. The van der Waals surface area contributed by atoms with E-state index in [1.165, 1.54) is 6.92 Å². The number of ether oxygens (including phenoxy) is 2. The summed E-state index contributed by atoms with van der Waals surface area (Å²) in [5.41, 5.74) is 8.88. The first-order chi connectivity index (χ1) is 10.9. The van der Waals surface area contributed by atoms with Crippen molar-refractivity contribution in [2.24, 2.45) is 0 Å². The summed E-state index contributed by atoms with van der Waals surface area (Å²) in [5.74, 6) is 0.617. The third-order valence-corrected chi connectivity index (χ3v) is 3.81. The van der Waals surface area contributed by atoms with Crippen LogP contribution in [0.3, 0.4) is 0 Å². The minimum absolute atomic E-state index is 0. The molecule has 7 nitrogen and oxygen atoms in total. The number of carbonyl (C=O) groups is 2. The summed E-state index contributed by atoms with van der Waals surface area (Å²) in [6.45, 7) is 5.09. The first-order valence-electron chi connectivity index (χ1n) is 7.09. The maximum Gasteiger partial charge on any atom is 0.272 e. The maximum absolute atomic E-state index is 12.5. The summed E-state index contributed by atoms with van der Waals surface area (Å²) in [5, 5.41) is 2.73. The SMILES string of the molecule is CC(=O)c1c(C)[nH]c(C(=O)Nc2cc3c(cc2N)OCO3)c1C.Cl. The molecule has 24 heavy (non-hydrogen) atoms. The van der Waals surface area contributed by atoms with E-state index in [0.717, 1.165) is 0 Å². The molecule has 1 aromatic heterocycles. The second-order valence-electron chi connectivity index (χ2n) is 5.43. The smallest absolute Gasteiger partial charge is 0.272 e. The number of H-pyrrole nitrogens is 1. The summed E-state index contributed by atoms with van der Waals surface area (Å²) in [4.78, 5) is 27.1. The van der Waals surface area contributed by atoms with Gasteiger partial charge in [-0.05, 0) is 26.3 Å². The fourth-order valence-electron chi connectivity index (χ4n) is 2.76. The zero-order chi connectivity index (χ0) is 16.7. The maximum atomic E-state index is 12.5. The Morgan fingerprint density at radius 1 is 1.21 bits per heavy atom. The molecule has 1 amide bonds. The van der Waals surface area contributed by atoms with Crippen molar-refractivity contribution in [1.29, 1.82) is 0 Å². The third-order valence-electron chi connectivity index (χ3n) is 3.81. The molecule has 2 heterocycles. The highest BCUT2D eigenvalue weighted by Crippen LogP contribution is 2.38. The number of hydrogen-bond donors (Lipinski definition) is 3. The van der Waals surface area contributed by atoms with Gasteiger partial charge in [-0.3, -0.25) is 9.59 Å². The predicted molar refractivity (Wildman–Crippen MR) is 92.4 cm³/mol. The van der Waals surface area contributed by atoms with Crippen molar-refractivity contribution >= 4 is 35.5 Å². The number of aromatic amines is 1. The lowest BCUT2D eigenvalue weighted by molar-refractivity contribution is 0.101. The number of hydrogen-bond acceptors (Lipinski definition) is 5. The number of anilines is 2. The van der Waals surface area contributed by atoms with Crippen molar-refractivity contribution in [3.8, 4) is 11.5 Å². The molecule has 0 aliphatic carbocycles. The molecule has 3 rings (SSSR count). The molecule has 2 aromatic rings. The summed E-state index contributed by atoms with van der Waals surface area (Å²) >= 11 is 0. The van der Waals surface area contributed by atoms with E-state index in [2.05, 4.69) is 10.3 Å². The lowest BCUT2D eigenvalue weighted by atomic mass is 10.1. The van der Waals surface area contributed by atoms with Gasteiger partial charge < -0.3 is 25.5 Å². The van der Waals surface area contributed by atoms with E-state index >= 15 is 0 Å². The quantitative estimate of drug-likeness (QED) is 0.582. The highest BCUT2D eigenvalue weighted by molar-refractivity contribution is 6.08. The molecule has 0 bridgehead atoms. The van der Waals surface area contributed by atoms with E-state index < -0.39 is 0 Å². The monoisotopic (exact) mass is 351 g/mol. The second-order valence-corrected chi connectivity index (χ2v) is 5.43. The minimum atomic E-state index is -0.372. The number of nitrogens with one attached hydrogen (secondary N) is 2. The molecule has 8 heteroatoms. The Hall–Kier alpha value is -2.67. The van der Waals surface area contributed by atoms with Gasteiger partial charge in [0, 0.05) is 23.4 Å². The van der Waals surface area contributed by atoms with Crippen molar-refractivity contribution in [3.63, 3.8) is 0 Å². The molecular formula is C16H18ClN3O4. The van der Waals surface area contributed by atoms with Crippen LogP contribution < -0.4 is 20.5 Å². The average Bonchev–Trinajstić information content (AvgIpc) is 3.02. The standard InChI is InChI=1S/C16H17N3O4.ClH/c1-7-14(9(3)20)8(2)18-15(7)16(21)19-11-5-13-12(4-10(11)17)22-6-23-13;/h4-5,18H,6,17H2,1-3H3,(H,19,21);1H. The molecule has 0 saturated carbocycles. The number of benzene rings is 1. The van der Waals surface area contributed by atoms with E-state index in [-0.39, 0.29) is 30.9 Å². The van der Waals surface area contributed by atoms with Crippen LogP contribution in [-0.4, -0.2) is 23.5 Å². The van der Waals surface area contributed by atoms with Gasteiger partial charge >= 0.3 is 0 Å². The lowest BCUT2D eigenvalue weighted by Crippen LogP contribution is -2.15. The Morgan fingerprint density at radius 2 is 1.83 bits per heavy atom. The zero-order valence-corrected chi connectivity index (χ0v) is 14.3. The molecule has 0 unspecified atom stereocenters. The molecule has 0 radical (unpaired) electrons. The molecule has 4 N–H and O–H groups in total. The van der Waals surface area contributed by atoms with Gasteiger partial charge in [0.25, 0.3) is 5.91 Å². The molecule has 0 spiro atoms. The number of rotatable bonds is 3. The van der Waals surface area contributed by atoms with Gasteiger partial charge in [0.15, 0.2) is 17.3 Å². The van der Waals surface area contributed by atoms with Crippen molar-refractivity contribution in [3.05, 3.63) is 34.6 Å². The molecule has 1 aliphatic rings. The number of Topliss-reactive ketones (excluding diaryl/α,β-unsaturated/α-hetero) is 1. The Morgan fingerprint density at radius 3 is 2.42 bits per heavy atom. The summed E-state index contributed by atoms with van der Waals surface area (Å²) in [6.07, 6.45) is 0. The van der Waals surface area contributed by atoms with E-state index in [1.807, 2.05) is 0 Å². The molecule has 0 atom stereocenters. The molecule has 0 saturated heterocycles. The fraction of sp³-hybridized carbons (Fsp3) is 0.250. The predicted octanol–water partition coefficient (Wildman–Crippen LogP) is 2.82. The zero-order valence-electron chi connectivity index (χ0n) is 13.5. The average molecular weight is 352 g/mol. The van der Waals surface area contributed by atoms with Crippen LogP contribution >= 0.6 is 12.4 Å². The van der Waals surface area contributed by atoms with E-state index in [9.17, 15) is 9.59 Å². The van der Waals surface area contributed by atoms with Crippen LogP contribution in [0.5, 0.6) is 11.5 Å². The van der Waals surface area contributed by atoms with Crippen LogP contribution in [0.15, 0.2) is 12.1 Å². The van der Waals surface area contributed by atoms with Gasteiger partial charge in [-0.15, -0.1) is 12.4 Å². The van der Waals surface area contributed by atoms with Crippen molar-refractivity contribution < 1.29 is 19.1 Å². The van der Waals surface area contributed by atoms with Crippen molar-refractivity contribution in [2.45, 2.75) is 20.8 Å². The Balaban J connectivity index is 0.00000208. The number of nitrogen functional groups attached to an aromatic ring is 1. The van der Waals surface area contributed by atoms with Crippen LogP contribution in [0.1, 0.15) is 39.0 Å². The van der Waals surface area contributed by atoms with Crippen LogP contribution in [0.2, 0.25) is 0 Å². The number of aryl methyl sites for hydroxylation is 1. The molecular weight excluding hydrogens is 334 g/mol. The van der Waals surface area contributed by atoms with Crippen molar-refractivity contribution in [2.75, 3.05) is 17.8 Å². The topological polar surface area (TPSA) is 106 Å². The number of carbonyl (C=O) groups excluding carboxylic acids is 2. The summed E-state index contributed by atoms with van der Waals surface area (Å²) < 4.78 is 10.5. The third kappa shape index (κ3) is 2.90. The number of amides is 1. The Kier molecular flexibility index (Phi) is 4.75. The van der Waals surface area contributed by atoms with Gasteiger partial charge in [-0.1, -0.05) is 0 Å². The van der Waals surface area contributed by atoms with Crippen LogP contribution in [0.4, 0.5) is 11.4 Å². The number of ketones is 1. The first kappa shape index (κ1) is 17.7. The van der Waals surface area contributed by atoms with Gasteiger partial charge in [-0.2, -0.15) is 0 Å². The number of nitrogens with two attached hydrogens (primary N) is 1. The normalized spacial score (nSPS) is 11.8. The highest BCUT2D eigenvalue weighted by atomic mass is 35.5. The first-order valence-corrected chi connectivity index (χ1v) is 7.09. The Bertz CT molecular complexity index is 829. The molecule has 128 valence electrons. The fourth-order valence-corrected chi connectivity index (χ4v) is 2.76. The number of aromatic nitrogens is 1. The van der Waals surface area contributed by atoms with E-state index in [0.29, 0.717) is 45.4 Å². The van der Waals surface area contributed by atoms with Gasteiger partial charge in [-0.25, -0.2) is 0 Å². The largest absolute Gasteiger partial charge is 0.454 e.